The average molecular weight is 362 g/mol. The average Bonchev–Trinajstić information content (AvgIpc) is 3.33. The lowest BCUT2D eigenvalue weighted by atomic mass is 10.0. The SMILES string of the molecule is O=C(c1ccn(-c2cccc(Cl)c2)n1)N1CCCCC1C1OCCO1. The van der Waals surface area contributed by atoms with Crippen LogP contribution < -0.4 is 0 Å². The van der Waals surface area contributed by atoms with Crippen LogP contribution in [0, 0.1) is 0 Å². The second-order valence-electron chi connectivity index (χ2n) is 6.30. The molecule has 3 heterocycles. The molecule has 1 aromatic carbocycles. The lowest BCUT2D eigenvalue weighted by Gasteiger charge is -2.37. The van der Waals surface area contributed by atoms with Gasteiger partial charge in [-0.05, 0) is 43.5 Å². The second-order valence-corrected chi connectivity index (χ2v) is 6.73. The molecule has 4 rings (SSSR count). The Morgan fingerprint density at radius 1 is 1.20 bits per heavy atom. The van der Waals surface area contributed by atoms with E-state index < -0.39 is 0 Å². The Balaban J connectivity index is 1.55. The smallest absolute Gasteiger partial charge is 0.274 e. The van der Waals surface area contributed by atoms with Crippen molar-refractivity contribution in [3.05, 3.63) is 47.2 Å². The number of piperidine rings is 1. The van der Waals surface area contributed by atoms with Crippen molar-refractivity contribution < 1.29 is 14.3 Å². The largest absolute Gasteiger partial charge is 0.348 e. The van der Waals surface area contributed by atoms with Crippen LogP contribution in [0.1, 0.15) is 29.8 Å². The lowest BCUT2D eigenvalue weighted by molar-refractivity contribution is -0.100. The van der Waals surface area contributed by atoms with Crippen LogP contribution in [0.3, 0.4) is 0 Å². The molecule has 0 aliphatic carbocycles. The number of carbonyl (C=O) groups is 1. The summed E-state index contributed by atoms with van der Waals surface area (Å²) >= 11 is 6.03. The molecular formula is C18H20ClN3O3. The van der Waals surface area contributed by atoms with Gasteiger partial charge in [0.05, 0.1) is 24.9 Å². The third kappa shape index (κ3) is 3.42. The van der Waals surface area contributed by atoms with Gasteiger partial charge in [0.25, 0.3) is 5.91 Å². The molecule has 1 amide bonds. The molecule has 0 radical (unpaired) electrons. The first-order valence-corrected chi connectivity index (χ1v) is 8.96. The standard InChI is InChI=1S/C18H20ClN3O3/c19-13-4-3-5-14(12-13)22-9-7-15(20-22)17(23)21-8-2-1-6-16(21)18-24-10-11-25-18/h3-5,7,9,12,16,18H,1-2,6,8,10-11H2. The first-order chi connectivity index (χ1) is 12.2. The number of hydrogen-bond donors (Lipinski definition) is 0. The van der Waals surface area contributed by atoms with Gasteiger partial charge in [-0.1, -0.05) is 17.7 Å². The summed E-state index contributed by atoms with van der Waals surface area (Å²) in [4.78, 5) is 14.8. The van der Waals surface area contributed by atoms with Crippen LogP contribution in [0.2, 0.25) is 5.02 Å². The first kappa shape index (κ1) is 16.6. The molecule has 0 saturated carbocycles. The highest BCUT2D eigenvalue weighted by atomic mass is 35.5. The first-order valence-electron chi connectivity index (χ1n) is 8.58. The summed E-state index contributed by atoms with van der Waals surface area (Å²) in [7, 11) is 0. The summed E-state index contributed by atoms with van der Waals surface area (Å²) < 4.78 is 12.9. The number of rotatable bonds is 3. The van der Waals surface area contributed by atoms with E-state index in [2.05, 4.69) is 5.10 Å². The van der Waals surface area contributed by atoms with Gasteiger partial charge in [-0.25, -0.2) is 4.68 Å². The van der Waals surface area contributed by atoms with Crippen LogP contribution in [-0.2, 0) is 9.47 Å². The fraction of sp³-hybridized carbons (Fsp3) is 0.444. The number of halogens is 1. The van der Waals surface area contributed by atoms with E-state index in [4.69, 9.17) is 21.1 Å². The maximum absolute atomic E-state index is 13.0. The lowest BCUT2D eigenvalue weighted by Crippen LogP contribution is -2.50. The molecule has 2 aliphatic heterocycles. The molecule has 0 spiro atoms. The zero-order valence-electron chi connectivity index (χ0n) is 13.8. The molecule has 2 aliphatic rings. The molecule has 132 valence electrons. The molecule has 25 heavy (non-hydrogen) atoms. The van der Waals surface area contributed by atoms with E-state index in [1.807, 2.05) is 23.1 Å². The van der Waals surface area contributed by atoms with Gasteiger partial charge in [-0.2, -0.15) is 5.10 Å². The van der Waals surface area contributed by atoms with E-state index in [0.717, 1.165) is 24.9 Å². The highest BCUT2D eigenvalue weighted by molar-refractivity contribution is 6.30. The predicted octanol–water partition coefficient (Wildman–Crippen LogP) is 2.89. The molecule has 0 N–H and O–H groups in total. The minimum atomic E-state index is -0.320. The summed E-state index contributed by atoms with van der Waals surface area (Å²) in [6.45, 7) is 1.88. The third-order valence-electron chi connectivity index (χ3n) is 4.65. The van der Waals surface area contributed by atoms with E-state index >= 15 is 0 Å². The van der Waals surface area contributed by atoms with Gasteiger partial charge in [0.2, 0.25) is 0 Å². The van der Waals surface area contributed by atoms with Crippen molar-refractivity contribution in [1.82, 2.24) is 14.7 Å². The Hall–Kier alpha value is -1.89. The number of aromatic nitrogens is 2. The Labute approximate surface area is 151 Å². The van der Waals surface area contributed by atoms with E-state index in [-0.39, 0.29) is 18.2 Å². The molecule has 2 fully saturated rings. The normalized spacial score (nSPS) is 21.6. The summed E-state index contributed by atoms with van der Waals surface area (Å²) in [5.74, 6) is -0.0791. The highest BCUT2D eigenvalue weighted by Gasteiger charge is 2.37. The minimum Gasteiger partial charge on any atom is -0.348 e. The third-order valence-corrected chi connectivity index (χ3v) is 4.89. The van der Waals surface area contributed by atoms with Crippen molar-refractivity contribution in [3.63, 3.8) is 0 Å². The van der Waals surface area contributed by atoms with E-state index in [9.17, 15) is 4.79 Å². The molecule has 1 atom stereocenters. The fourth-order valence-electron chi connectivity index (χ4n) is 3.44. The Morgan fingerprint density at radius 2 is 2.04 bits per heavy atom. The number of hydrogen-bond acceptors (Lipinski definition) is 4. The molecule has 2 saturated heterocycles. The van der Waals surface area contributed by atoms with Crippen molar-refractivity contribution in [2.75, 3.05) is 19.8 Å². The number of nitrogens with zero attached hydrogens (tertiary/aromatic N) is 3. The summed E-state index contributed by atoms with van der Waals surface area (Å²) in [5.41, 5.74) is 1.24. The fourth-order valence-corrected chi connectivity index (χ4v) is 3.62. The Kier molecular flexibility index (Phi) is 4.74. The maximum Gasteiger partial charge on any atom is 0.274 e. The van der Waals surface area contributed by atoms with Crippen molar-refractivity contribution in [2.24, 2.45) is 0 Å². The van der Waals surface area contributed by atoms with E-state index in [0.29, 0.717) is 30.5 Å². The maximum atomic E-state index is 13.0. The molecular weight excluding hydrogens is 342 g/mol. The quantitative estimate of drug-likeness (QED) is 0.843. The second kappa shape index (κ2) is 7.15. The monoisotopic (exact) mass is 361 g/mol. The van der Waals surface area contributed by atoms with Gasteiger partial charge in [-0.3, -0.25) is 4.79 Å². The van der Waals surface area contributed by atoms with Gasteiger partial charge < -0.3 is 14.4 Å². The summed E-state index contributed by atoms with van der Waals surface area (Å²) in [6.07, 6.45) is 4.42. The minimum absolute atomic E-state index is 0.0416. The molecule has 1 aromatic heterocycles. The van der Waals surface area contributed by atoms with Crippen molar-refractivity contribution >= 4 is 17.5 Å². The van der Waals surface area contributed by atoms with Gasteiger partial charge >= 0.3 is 0 Å². The van der Waals surface area contributed by atoms with E-state index in [1.54, 1.807) is 23.0 Å². The van der Waals surface area contributed by atoms with Gasteiger partial charge in [-0.15, -0.1) is 0 Å². The van der Waals surface area contributed by atoms with Crippen LogP contribution in [0.4, 0.5) is 0 Å². The van der Waals surface area contributed by atoms with Crippen LogP contribution >= 0.6 is 11.6 Å². The molecule has 2 aromatic rings. The number of carbonyl (C=O) groups excluding carboxylic acids is 1. The zero-order valence-corrected chi connectivity index (χ0v) is 14.6. The topological polar surface area (TPSA) is 56.6 Å². The van der Waals surface area contributed by atoms with Crippen molar-refractivity contribution in [3.8, 4) is 5.69 Å². The zero-order chi connectivity index (χ0) is 17.2. The van der Waals surface area contributed by atoms with Crippen molar-refractivity contribution in [1.29, 1.82) is 0 Å². The predicted molar refractivity (Wildman–Crippen MR) is 92.9 cm³/mol. The van der Waals surface area contributed by atoms with Crippen LogP contribution in [0.5, 0.6) is 0 Å². The van der Waals surface area contributed by atoms with Crippen LogP contribution in [-0.4, -0.2) is 52.7 Å². The van der Waals surface area contributed by atoms with Crippen LogP contribution in [0.15, 0.2) is 36.5 Å². The molecule has 7 heteroatoms. The highest BCUT2D eigenvalue weighted by Crippen LogP contribution is 2.26. The number of benzene rings is 1. The number of amides is 1. The van der Waals surface area contributed by atoms with Gasteiger partial charge in [0.15, 0.2) is 12.0 Å². The Morgan fingerprint density at radius 3 is 2.84 bits per heavy atom. The number of ether oxygens (including phenoxy) is 2. The molecule has 0 bridgehead atoms. The summed E-state index contributed by atoms with van der Waals surface area (Å²) in [6, 6.07) is 9.08. The summed E-state index contributed by atoms with van der Waals surface area (Å²) in [5, 5.41) is 5.07. The van der Waals surface area contributed by atoms with E-state index in [1.165, 1.54) is 0 Å². The Bertz CT molecular complexity index is 758. The van der Waals surface area contributed by atoms with Gasteiger partial charge in [0, 0.05) is 17.8 Å². The van der Waals surface area contributed by atoms with Gasteiger partial charge in [0.1, 0.15) is 0 Å². The van der Waals surface area contributed by atoms with Crippen molar-refractivity contribution in [2.45, 2.75) is 31.6 Å². The number of likely N-dealkylation sites (tertiary alicyclic amines) is 1. The molecule has 6 nitrogen and oxygen atoms in total. The van der Waals surface area contributed by atoms with Crippen LogP contribution in [0.25, 0.3) is 5.69 Å². The molecule has 1 unspecified atom stereocenters.